The number of carbonyl (C=O) groups excluding carboxylic acids is 1. The molecule has 0 aliphatic rings. The fourth-order valence-corrected chi connectivity index (χ4v) is 2.19. The summed E-state index contributed by atoms with van der Waals surface area (Å²) in [4.78, 5) is 19.5. The van der Waals surface area contributed by atoms with E-state index in [4.69, 9.17) is 4.42 Å². The zero-order valence-corrected chi connectivity index (χ0v) is 13.8. The van der Waals surface area contributed by atoms with Crippen molar-refractivity contribution in [2.24, 2.45) is 0 Å². The van der Waals surface area contributed by atoms with E-state index < -0.39 is 5.91 Å². The number of nitrogens with one attached hydrogen (secondary N) is 2. The van der Waals surface area contributed by atoms with E-state index in [9.17, 15) is 4.79 Å². The molecule has 0 aliphatic heterocycles. The predicted molar refractivity (Wildman–Crippen MR) is 88.2 cm³/mol. The Bertz CT molecular complexity index is 831. The van der Waals surface area contributed by atoms with Crippen LogP contribution in [0.15, 0.2) is 41.1 Å². The summed E-state index contributed by atoms with van der Waals surface area (Å²) in [5.74, 6) is 0.763. The summed E-state index contributed by atoms with van der Waals surface area (Å²) in [7, 11) is 0. The second kappa shape index (κ2) is 6.27. The SMILES string of the molecule is CC(C)(C)c1nnc(C(=O)NCc2ccccc2-c2ncc[nH]2)o1. The highest BCUT2D eigenvalue weighted by atomic mass is 16.4. The number of aromatic amines is 1. The van der Waals surface area contributed by atoms with Crippen LogP contribution >= 0.6 is 0 Å². The number of hydrogen-bond donors (Lipinski definition) is 2. The van der Waals surface area contributed by atoms with Crippen molar-refractivity contribution in [3.05, 3.63) is 54.0 Å². The molecule has 2 N–H and O–H groups in total. The van der Waals surface area contributed by atoms with Gasteiger partial charge in [-0.3, -0.25) is 4.79 Å². The maximum absolute atomic E-state index is 12.2. The van der Waals surface area contributed by atoms with Crippen molar-refractivity contribution in [1.29, 1.82) is 0 Å². The Labute approximate surface area is 139 Å². The minimum absolute atomic E-state index is 0.0320. The number of rotatable bonds is 4. The van der Waals surface area contributed by atoms with Crippen LogP contribution in [0.2, 0.25) is 0 Å². The molecule has 24 heavy (non-hydrogen) atoms. The standard InChI is InChI=1S/C17H19N5O2/c1-17(2,3)16-22-21-15(24-16)14(23)20-10-11-6-4-5-7-12(11)13-18-8-9-19-13/h4-9H,10H2,1-3H3,(H,18,19)(H,20,23). The van der Waals surface area contributed by atoms with E-state index in [2.05, 4.69) is 25.5 Å². The van der Waals surface area contributed by atoms with Gasteiger partial charge in [0, 0.05) is 29.9 Å². The summed E-state index contributed by atoms with van der Waals surface area (Å²) in [6.07, 6.45) is 3.45. The molecule has 0 spiro atoms. The lowest BCUT2D eigenvalue weighted by Crippen LogP contribution is -2.23. The molecule has 7 heteroatoms. The quantitative estimate of drug-likeness (QED) is 0.768. The average Bonchev–Trinajstić information content (AvgIpc) is 3.23. The fourth-order valence-electron chi connectivity index (χ4n) is 2.19. The van der Waals surface area contributed by atoms with Gasteiger partial charge in [-0.15, -0.1) is 10.2 Å². The molecule has 124 valence electrons. The third-order valence-electron chi connectivity index (χ3n) is 3.47. The number of aromatic nitrogens is 4. The van der Waals surface area contributed by atoms with Crippen molar-refractivity contribution in [1.82, 2.24) is 25.5 Å². The summed E-state index contributed by atoms with van der Waals surface area (Å²) in [5.41, 5.74) is 1.58. The number of benzene rings is 1. The Hall–Kier alpha value is -2.96. The summed E-state index contributed by atoms with van der Waals surface area (Å²) in [5, 5.41) is 10.6. The average molecular weight is 325 g/mol. The molecule has 1 aromatic carbocycles. The van der Waals surface area contributed by atoms with Crippen molar-refractivity contribution in [3.63, 3.8) is 0 Å². The molecule has 0 radical (unpaired) electrons. The van der Waals surface area contributed by atoms with Crippen molar-refractivity contribution >= 4 is 5.91 Å². The van der Waals surface area contributed by atoms with E-state index in [1.165, 1.54) is 0 Å². The van der Waals surface area contributed by atoms with E-state index in [1.807, 2.05) is 45.0 Å². The summed E-state index contributed by atoms with van der Waals surface area (Å²) >= 11 is 0. The minimum atomic E-state index is -0.396. The van der Waals surface area contributed by atoms with E-state index in [0.29, 0.717) is 12.4 Å². The van der Waals surface area contributed by atoms with Gasteiger partial charge in [0.25, 0.3) is 0 Å². The number of H-pyrrole nitrogens is 1. The molecule has 0 atom stereocenters. The van der Waals surface area contributed by atoms with E-state index in [0.717, 1.165) is 17.0 Å². The van der Waals surface area contributed by atoms with Crippen LogP contribution in [-0.4, -0.2) is 26.1 Å². The van der Waals surface area contributed by atoms with Crippen molar-refractivity contribution in [2.75, 3.05) is 0 Å². The number of amides is 1. The van der Waals surface area contributed by atoms with Crippen LogP contribution in [0.3, 0.4) is 0 Å². The molecule has 0 fully saturated rings. The third kappa shape index (κ3) is 3.34. The lowest BCUT2D eigenvalue weighted by molar-refractivity contribution is 0.0913. The molecule has 1 amide bonds. The van der Waals surface area contributed by atoms with Gasteiger partial charge < -0.3 is 14.7 Å². The molecule has 2 heterocycles. The smallest absolute Gasteiger partial charge is 0.309 e. The van der Waals surface area contributed by atoms with E-state index in [1.54, 1.807) is 12.4 Å². The molecule has 0 saturated carbocycles. The first-order chi connectivity index (χ1) is 11.4. The predicted octanol–water partition coefficient (Wildman–Crippen LogP) is 2.69. The highest BCUT2D eigenvalue weighted by Crippen LogP contribution is 2.21. The van der Waals surface area contributed by atoms with Gasteiger partial charge in [0.15, 0.2) is 0 Å². The van der Waals surface area contributed by atoms with Crippen molar-refractivity contribution in [2.45, 2.75) is 32.7 Å². The van der Waals surface area contributed by atoms with Crippen LogP contribution < -0.4 is 5.32 Å². The Kier molecular flexibility index (Phi) is 4.16. The minimum Gasteiger partial charge on any atom is -0.416 e. The molecule has 0 aliphatic carbocycles. The molecule has 0 unspecified atom stereocenters. The van der Waals surface area contributed by atoms with Crippen molar-refractivity contribution < 1.29 is 9.21 Å². The molecule has 0 bridgehead atoms. The summed E-state index contributed by atoms with van der Waals surface area (Å²) in [6, 6.07) is 7.73. The van der Waals surface area contributed by atoms with Gasteiger partial charge in [0.05, 0.1) is 0 Å². The van der Waals surface area contributed by atoms with Gasteiger partial charge >= 0.3 is 11.8 Å². The van der Waals surface area contributed by atoms with Crippen molar-refractivity contribution in [3.8, 4) is 11.4 Å². The molecule has 2 aromatic heterocycles. The first-order valence-corrected chi connectivity index (χ1v) is 7.65. The fraction of sp³-hybridized carbons (Fsp3) is 0.294. The molecular formula is C17H19N5O2. The first-order valence-electron chi connectivity index (χ1n) is 7.65. The Balaban J connectivity index is 1.73. The van der Waals surface area contributed by atoms with Crippen LogP contribution in [0.5, 0.6) is 0 Å². The largest absolute Gasteiger partial charge is 0.416 e. The van der Waals surface area contributed by atoms with Crippen LogP contribution in [0.25, 0.3) is 11.4 Å². The van der Waals surface area contributed by atoms with Crippen LogP contribution in [0, 0.1) is 0 Å². The second-order valence-corrected chi connectivity index (χ2v) is 6.44. The third-order valence-corrected chi connectivity index (χ3v) is 3.47. The Morgan fingerprint density at radius 2 is 2.04 bits per heavy atom. The monoisotopic (exact) mass is 325 g/mol. The topological polar surface area (TPSA) is 96.7 Å². The first kappa shape index (κ1) is 15.9. The highest BCUT2D eigenvalue weighted by molar-refractivity contribution is 5.89. The lowest BCUT2D eigenvalue weighted by Gasteiger charge is -2.11. The molecule has 3 aromatic rings. The Morgan fingerprint density at radius 3 is 2.71 bits per heavy atom. The maximum Gasteiger partial charge on any atom is 0.309 e. The van der Waals surface area contributed by atoms with Gasteiger partial charge in [-0.05, 0) is 5.56 Å². The van der Waals surface area contributed by atoms with Crippen LogP contribution in [-0.2, 0) is 12.0 Å². The molecule has 3 rings (SSSR count). The zero-order chi connectivity index (χ0) is 17.2. The van der Waals surface area contributed by atoms with Gasteiger partial charge in [0.2, 0.25) is 5.89 Å². The van der Waals surface area contributed by atoms with Gasteiger partial charge in [0.1, 0.15) is 5.82 Å². The highest BCUT2D eigenvalue weighted by Gasteiger charge is 2.24. The van der Waals surface area contributed by atoms with Crippen LogP contribution in [0.1, 0.15) is 42.9 Å². The number of carbonyl (C=O) groups is 1. The number of nitrogens with zero attached hydrogens (tertiary/aromatic N) is 3. The van der Waals surface area contributed by atoms with Gasteiger partial charge in [-0.1, -0.05) is 45.0 Å². The summed E-state index contributed by atoms with van der Waals surface area (Å²) in [6.45, 7) is 6.17. The van der Waals surface area contributed by atoms with Crippen LogP contribution in [0.4, 0.5) is 0 Å². The molecule has 7 nitrogen and oxygen atoms in total. The lowest BCUT2D eigenvalue weighted by atomic mass is 9.97. The molecular weight excluding hydrogens is 306 g/mol. The van der Waals surface area contributed by atoms with Gasteiger partial charge in [-0.25, -0.2) is 4.98 Å². The van der Waals surface area contributed by atoms with Gasteiger partial charge in [-0.2, -0.15) is 0 Å². The van der Waals surface area contributed by atoms with E-state index >= 15 is 0 Å². The molecule has 0 saturated heterocycles. The number of hydrogen-bond acceptors (Lipinski definition) is 5. The zero-order valence-electron chi connectivity index (χ0n) is 13.8. The normalized spacial score (nSPS) is 11.5. The number of imidazole rings is 1. The maximum atomic E-state index is 12.2. The summed E-state index contributed by atoms with van der Waals surface area (Å²) < 4.78 is 5.45. The Morgan fingerprint density at radius 1 is 1.25 bits per heavy atom. The van der Waals surface area contributed by atoms with E-state index in [-0.39, 0.29) is 11.3 Å². The second-order valence-electron chi connectivity index (χ2n) is 6.44.